The zero-order valence-corrected chi connectivity index (χ0v) is 18.6. The minimum absolute atomic E-state index is 0.0512. The molecule has 0 spiro atoms. The number of hydrogen-bond acceptors (Lipinski definition) is 4. The molecule has 3 fully saturated rings. The maximum atomic E-state index is 12.3. The van der Waals surface area contributed by atoms with Crippen molar-refractivity contribution in [1.29, 1.82) is 0 Å². The second-order valence-electron chi connectivity index (χ2n) is 10.8. The minimum atomic E-state index is -0.965. The molecule has 0 aromatic rings. The normalized spacial score (nSPS) is 42.4. The van der Waals surface area contributed by atoms with Gasteiger partial charge in [0.05, 0.1) is 12.8 Å². The van der Waals surface area contributed by atoms with Crippen molar-refractivity contribution in [1.82, 2.24) is 0 Å². The molecule has 0 aromatic heterocycles. The summed E-state index contributed by atoms with van der Waals surface area (Å²) in [5.41, 5.74) is 1.78. The highest BCUT2D eigenvalue weighted by molar-refractivity contribution is 5.79. The summed E-state index contributed by atoms with van der Waals surface area (Å²) in [5.74, 6) is 1.22. The lowest BCUT2D eigenvalue weighted by Crippen LogP contribution is -2.51. The molecular formula is C25H36O5. The molecule has 3 saturated carbocycles. The highest BCUT2D eigenvalue weighted by Crippen LogP contribution is 2.66. The number of esters is 1. The van der Waals surface area contributed by atoms with E-state index in [9.17, 15) is 14.4 Å². The van der Waals surface area contributed by atoms with Gasteiger partial charge in [0.1, 0.15) is 11.9 Å². The van der Waals surface area contributed by atoms with Crippen LogP contribution < -0.4 is 0 Å². The Morgan fingerprint density at radius 2 is 1.83 bits per heavy atom. The van der Waals surface area contributed by atoms with Crippen LogP contribution in [0.5, 0.6) is 0 Å². The van der Waals surface area contributed by atoms with E-state index in [1.165, 1.54) is 18.4 Å². The predicted octanol–water partition coefficient (Wildman–Crippen LogP) is 4.93. The molecule has 30 heavy (non-hydrogen) atoms. The van der Waals surface area contributed by atoms with Crippen LogP contribution in [0.1, 0.15) is 85.0 Å². The Labute approximate surface area is 179 Å². The number of hydrogen-bond donors (Lipinski definition) is 1. The number of Topliss-reactive ketones (excluding diaryl/α,β-unsaturated/α-hetero) is 1. The van der Waals surface area contributed by atoms with Gasteiger partial charge >= 0.3 is 11.9 Å². The topological polar surface area (TPSA) is 80.7 Å². The zero-order chi connectivity index (χ0) is 21.7. The van der Waals surface area contributed by atoms with E-state index >= 15 is 0 Å². The van der Waals surface area contributed by atoms with Crippen molar-refractivity contribution in [3.63, 3.8) is 0 Å². The fourth-order valence-electron chi connectivity index (χ4n) is 7.85. The number of carbonyl (C=O) groups is 3. The van der Waals surface area contributed by atoms with Gasteiger partial charge in [0.25, 0.3) is 0 Å². The SMILES string of the molecule is CC(=O)[C@H]1CC[C@@H]2[C@H]3CC=C4C[C@@H](OC(=O)CCC(=O)O)CC[C@]4(C)[C@@H]3CC[C@]12C. The lowest BCUT2D eigenvalue weighted by Gasteiger charge is -2.58. The van der Waals surface area contributed by atoms with E-state index in [1.807, 2.05) is 0 Å². The van der Waals surface area contributed by atoms with E-state index in [0.717, 1.165) is 38.5 Å². The number of ether oxygens (including phenoxy) is 1. The van der Waals surface area contributed by atoms with Gasteiger partial charge in [-0.05, 0) is 80.5 Å². The van der Waals surface area contributed by atoms with Gasteiger partial charge in [-0.25, -0.2) is 0 Å². The molecule has 0 radical (unpaired) electrons. The molecule has 0 heterocycles. The standard InChI is InChI=1S/C25H36O5/c1-15(26)19-6-7-20-18-5-4-16-14-17(30-23(29)9-8-22(27)28)10-12-24(16,2)21(18)11-13-25(19,20)3/h4,17-21H,5-14H2,1-3H3,(H,27,28)/t17-,18+,19+,20+,21+,24-,25+/m0/s1. The molecule has 0 bridgehead atoms. The lowest BCUT2D eigenvalue weighted by atomic mass is 9.47. The van der Waals surface area contributed by atoms with Crippen molar-refractivity contribution >= 4 is 17.7 Å². The largest absolute Gasteiger partial charge is 0.481 e. The van der Waals surface area contributed by atoms with Crippen molar-refractivity contribution < 1.29 is 24.2 Å². The molecule has 0 aromatic carbocycles. The van der Waals surface area contributed by atoms with E-state index in [2.05, 4.69) is 19.9 Å². The molecule has 166 valence electrons. The van der Waals surface area contributed by atoms with Crippen molar-refractivity contribution in [2.24, 2.45) is 34.5 Å². The Hall–Kier alpha value is -1.65. The number of carboxylic acid groups (broad SMARTS) is 1. The molecule has 0 unspecified atom stereocenters. The summed E-state index contributed by atoms with van der Waals surface area (Å²) >= 11 is 0. The van der Waals surface area contributed by atoms with Gasteiger partial charge in [0.15, 0.2) is 0 Å². The molecule has 7 atom stereocenters. The van der Waals surface area contributed by atoms with Crippen molar-refractivity contribution in [3.8, 4) is 0 Å². The van der Waals surface area contributed by atoms with Crippen LogP contribution in [0.2, 0.25) is 0 Å². The number of aliphatic carboxylic acids is 1. The van der Waals surface area contributed by atoms with Crippen LogP contribution in [0.25, 0.3) is 0 Å². The summed E-state index contributed by atoms with van der Waals surface area (Å²) in [6.45, 7) is 6.57. The Morgan fingerprint density at radius 3 is 2.53 bits per heavy atom. The molecule has 0 amide bonds. The quantitative estimate of drug-likeness (QED) is 0.508. The van der Waals surface area contributed by atoms with Gasteiger partial charge in [-0.3, -0.25) is 14.4 Å². The molecular weight excluding hydrogens is 380 g/mol. The van der Waals surface area contributed by atoms with Crippen LogP contribution in [0, 0.1) is 34.5 Å². The van der Waals surface area contributed by atoms with E-state index < -0.39 is 11.9 Å². The Kier molecular flexibility index (Phi) is 5.61. The van der Waals surface area contributed by atoms with E-state index in [-0.39, 0.29) is 35.7 Å². The van der Waals surface area contributed by atoms with Crippen LogP contribution in [-0.2, 0) is 19.1 Å². The Bertz CT molecular complexity index is 770. The number of carboxylic acids is 1. The summed E-state index contributed by atoms with van der Waals surface area (Å²) in [4.78, 5) is 35.0. The number of allylic oxidation sites excluding steroid dienone is 1. The predicted molar refractivity (Wildman–Crippen MR) is 113 cm³/mol. The van der Waals surface area contributed by atoms with Gasteiger partial charge in [-0.15, -0.1) is 0 Å². The second kappa shape index (κ2) is 7.80. The number of rotatable bonds is 5. The first-order chi connectivity index (χ1) is 14.1. The fourth-order valence-corrected chi connectivity index (χ4v) is 7.85. The van der Waals surface area contributed by atoms with Gasteiger partial charge in [0, 0.05) is 12.3 Å². The summed E-state index contributed by atoms with van der Waals surface area (Å²) in [5, 5.41) is 8.76. The van der Waals surface area contributed by atoms with Gasteiger partial charge in [-0.2, -0.15) is 0 Å². The van der Waals surface area contributed by atoms with Crippen LogP contribution in [0.15, 0.2) is 11.6 Å². The van der Waals surface area contributed by atoms with Crippen molar-refractivity contribution in [3.05, 3.63) is 11.6 Å². The van der Waals surface area contributed by atoms with Crippen LogP contribution >= 0.6 is 0 Å². The second-order valence-corrected chi connectivity index (χ2v) is 10.8. The minimum Gasteiger partial charge on any atom is -0.481 e. The summed E-state index contributed by atoms with van der Waals surface area (Å²) in [7, 11) is 0. The molecule has 0 aliphatic heterocycles. The maximum Gasteiger partial charge on any atom is 0.306 e. The van der Waals surface area contributed by atoms with Crippen LogP contribution in [0.3, 0.4) is 0 Å². The number of fused-ring (bicyclic) bond motifs is 5. The van der Waals surface area contributed by atoms with Crippen molar-refractivity contribution in [2.45, 2.75) is 91.1 Å². The van der Waals surface area contributed by atoms with E-state index in [4.69, 9.17) is 9.84 Å². The maximum absolute atomic E-state index is 12.3. The Balaban J connectivity index is 1.46. The van der Waals surface area contributed by atoms with Gasteiger partial charge < -0.3 is 9.84 Å². The third-order valence-electron chi connectivity index (χ3n) is 9.39. The molecule has 4 rings (SSSR count). The highest BCUT2D eigenvalue weighted by Gasteiger charge is 2.59. The molecule has 5 nitrogen and oxygen atoms in total. The molecule has 4 aliphatic carbocycles. The Morgan fingerprint density at radius 1 is 1.07 bits per heavy atom. The summed E-state index contributed by atoms with van der Waals surface area (Å²) in [6, 6.07) is 0. The molecule has 0 saturated heterocycles. The zero-order valence-electron chi connectivity index (χ0n) is 18.6. The average Bonchev–Trinajstić information content (AvgIpc) is 3.04. The summed E-state index contributed by atoms with van der Waals surface area (Å²) in [6.07, 6.45) is 10.4. The lowest BCUT2D eigenvalue weighted by molar-refractivity contribution is -0.154. The number of ketones is 1. The first kappa shape index (κ1) is 21.6. The molecule has 5 heteroatoms. The van der Waals surface area contributed by atoms with E-state index in [1.54, 1.807) is 6.92 Å². The monoisotopic (exact) mass is 416 g/mol. The molecule has 1 N–H and O–H groups in total. The smallest absolute Gasteiger partial charge is 0.306 e. The first-order valence-corrected chi connectivity index (χ1v) is 11.8. The third-order valence-corrected chi connectivity index (χ3v) is 9.39. The summed E-state index contributed by atoms with van der Waals surface area (Å²) < 4.78 is 5.62. The first-order valence-electron chi connectivity index (χ1n) is 11.8. The van der Waals surface area contributed by atoms with Gasteiger partial charge in [-0.1, -0.05) is 25.5 Å². The van der Waals surface area contributed by atoms with Crippen LogP contribution in [-0.4, -0.2) is 28.9 Å². The third kappa shape index (κ3) is 3.52. The fraction of sp³-hybridized carbons (Fsp3) is 0.800. The average molecular weight is 417 g/mol. The molecule has 4 aliphatic rings. The van der Waals surface area contributed by atoms with Crippen molar-refractivity contribution in [2.75, 3.05) is 0 Å². The van der Waals surface area contributed by atoms with Gasteiger partial charge in [0.2, 0.25) is 0 Å². The van der Waals surface area contributed by atoms with Crippen LogP contribution in [0.4, 0.5) is 0 Å². The highest BCUT2D eigenvalue weighted by atomic mass is 16.5. The number of carbonyl (C=O) groups excluding carboxylic acids is 2. The van der Waals surface area contributed by atoms with E-state index in [0.29, 0.717) is 23.5 Å².